The van der Waals surface area contributed by atoms with Crippen LogP contribution in [0.15, 0.2) is 0 Å². The van der Waals surface area contributed by atoms with Crippen molar-refractivity contribution in [3.05, 3.63) is 10.6 Å². The molecule has 2 rings (SSSR count). The maximum absolute atomic E-state index is 9.06. The number of H-pyrrole nitrogens is 1. The summed E-state index contributed by atoms with van der Waals surface area (Å²) in [7, 11) is 0. The van der Waals surface area contributed by atoms with E-state index in [1.807, 2.05) is 4.57 Å². The second kappa shape index (κ2) is 4.87. The first-order chi connectivity index (χ1) is 7.31. The molecule has 2 N–H and O–H groups in total. The van der Waals surface area contributed by atoms with Crippen LogP contribution in [-0.4, -0.2) is 44.4 Å². The Hall–Kier alpha value is -0.720. The van der Waals surface area contributed by atoms with Crippen molar-refractivity contribution in [2.75, 3.05) is 19.6 Å². The molecule has 0 radical (unpaired) electrons. The Labute approximate surface area is 93.7 Å². The summed E-state index contributed by atoms with van der Waals surface area (Å²) in [5.41, 5.74) is 0. The van der Waals surface area contributed by atoms with Gasteiger partial charge in [-0.2, -0.15) is 5.10 Å². The molecule has 15 heavy (non-hydrogen) atoms. The molecule has 0 amide bonds. The Bertz CT molecular complexity index is 366. The molecular weight excluding hydrogens is 212 g/mol. The van der Waals surface area contributed by atoms with Gasteiger partial charge in [0.1, 0.15) is 6.61 Å². The number of aromatic amines is 1. The first kappa shape index (κ1) is 10.8. The number of rotatable bonds is 4. The number of aromatic nitrogens is 3. The zero-order chi connectivity index (χ0) is 10.7. The van der Waals surface area contributed by atoms with Crippen LogP contribution in [0.25, 0.3) is 0 Å². The third kappa shape index (κ3) is 2.45. The first-order valence-corrected chi connectivity index (χ1v) is 5.69. The summed E-state index contributed by atoms with van der Waals surface area (Å²) in [6, 6.07) is 0. The van der Waals surface area contributed by atoms with Crippen LogP contribution in [-0.2, 0) is 13.2 Å². The van der Waals surface area contributed by atoms with Crippen molar-refractivity contribution in [1.82, 2.24) is 19.7 Å². The third-order valence-electron chi connectivity index (χ3n) is 2.82. The number of aliphatic hydroxyl groups is 1. The summed E-state index contributed by atoms with van der Waals surface area (Å²) in [5, 5.41) is 15.7. The van der Waals surface area contributed by atoms with Gasteiger partial charge in [0.25, 0.3) is 0 Å². The van der Waals surface area contributed by atoms with E-state index in [-0.39, 0.29) is 6.61 Å². The van der Waals surface area contributed by atoms with Crippen LogP contribution in [0.5, 0.6) is 0 Å². The predicted octanol–water partition coefficient (Wildman–Crippen LogP) is 0.529. The Kier molecular flexibility index (Phi) is 3.50. The number of likely N-dealkylation sites (tertiary alicyclic amines) is 1. The molecule has 0 bridgehead atoms. The summed E-state index contributed by atoms with van der Waals surface area (Å²) in [6.45, 7) is 4.10. The lowest BCUT2D eigenvalue weighted by atomic mass is 10.4. The van der Waals surface area contributed by atoms with Gasteiger partial charge in [0.2, 0.25) is 0 Å². The van der Waals surface area contributed by atoms with E-state index in [0.29, 0.717) is 10.6 Å². The minimum absolute atomic E-state index is 0.0624. The fourth-order valence-electron chi connectivity index (χ4n) is 1.95. The molecule has 0 atom stereocenters. The average molecular weight is 228 g/mol. The van der Waals surface area contributed by atoms with Crippen molar-refractivity contribution in [2.24, 2.45) is 0 Å². The monoisotopic (exact) mass is 228 g/mol. The third-order valence-corrected chi connectivity index (χ3v) is 3.13. The molecule has 1 saturated heterocycles. The van der Waals surface area contributed by atoms with Gasteiger partial charge in [0, 0.05) is 13.1 Å². The SMILES string of the molecule is OCc1n[nH]c(=S)n1CCN1CCCC1. The summed E-state index contributed by atoms with van der Waals surface area (Å²) < 4.78 is 2.46. The smallest absolute Gasteiger partial charge is 0.195 e. The zero-order valence-electron chi connectivity index (χ0n) is 8.65. The van der Waals surface area contributed by atoms with Gasteiger partial charge >= 0.3 is 0 Å². The maximum atomic E-state index is 9.06. The van der Waals surface area contributed by atoms with Gasteiger partial charge in [0.05, 0.1) is 0 Å². The number of hydrogen-bond acceptors (Lipinski definition) is 4. The van der Waals surface area contributed by atoms with Gasteiger partial charge in [-0.3, -0.25) is 5.10 Å². The van der Waals surface area contributed by atoms with Crippen LogP contribution in [0.2, 0.25) is 0 Å². The minimum atomic E-state index is -0.0624. The molecule has 1 aliphatic rings. The Morgan fingerprint density at radius 3 is 2.73 bits per heavy atom. The molecule has 5 nitrogen and oxygen atoms in total. The second-order valence-electron chi connectivity index (χ2n) is 3.80. The number of nitrogens with zero attached hydrogens (tertiary/aromatic N) is 3. The fourth-order valence-corrected chi connectivity index (χ4v) is 2.19. The topological polar surface area (TPSA) is 57.1 Å². The van der Waals surface area contributed by atoms with Crippen molar-refractivity contribution >= 4 is 12.2 Å². The van der Waals surface area contributed by atoms with Crippen LogP contribution in [0.1, 0.15) is 18.7 Å². The minimum Gasteiger partial charge on any atom is -0.388 e. The van der Waals surface area contributed by atoms with E-state index in [2.05, 4.69) is 15.1 Å². The lowest BCUT2D eigenvalue weighted by Crippen LogP contribution is -2.24. The highest BCUT2D eigenvalue weighted by molar-refractivity contribution is 7.71. The van der Waals surface area contributed by atoms with Crippen LogP contribution in [0, 0.1) is 4.77 Å². The van der Waals surface area contributed by atoms with Crippen LogP contribution >= 0.6 is 12.2 Å². The van der Waals surface area contributed by atoms with Crippen LogP contribution in [0.4, 0.5) is 0 Å². The van der Waals surface area contributed by atoms with Crippen molar-refractivity contribution < 1.29 is 5.11 Å². The number of hydrogen-bond donors (Lipinski definition) is 2. The maximum Gasteiger partial charge on any atom is 0.195 e. The van der Waals surface area contributed by atoms with Gasteiger partial charge in [0.15, 0.2) is 10.6 Å². The molecule has 0 aromatic carbocycles. The van der Waals surface area contributed by atoms with E-state index in [1.165, 1.54) is 25.9 Å². The van der Waals surface area contributed by atoms with Crippen molar-refractivity contribution in [1.29, 1.82) is 0 Å². The molecular formula is C9H16N4OS. The molecule has 1 aromatic heterocycles. The standard InChI is InChI=1S/C9H16N4OS/c14-7-8-10-11-9(15)13(8)6-5-12-3-1-2-4-12/h14H,1-7H2,(H,11,15). The van der Waals surface area contributed by atoms with Gasteiger partial charge < -0.3 is 14.6 Å². The highest BCUT2D eigenvalue weighted by Gasteiger charge is 2.12. The fraction of sp³-hybridized carbons (Fsp3) is 0.778. The molecule has 2 heterocycles. The molecule has 6 heteroatoms. The van der Waals surface area contributed by atoms with Gasteiger partial charge in [-0.05, 0) is 38.1 Å². The van der Waals surface area contributed by atoms with Crippen LogP contribution in [0.3, 0.4) is 0 Å². The van der Waals surface area contributed by atoms with E-state index in [9.17, 15) is 0 Å². The van der Waals surface area contributed by atoms with E-state index >= 15 is 0 Å². The Morgan fingerprint density at radius 2 is 2.07 bits per heavy atom. The average Bonchev–Trinajstić information content (AvgIpc) is 2.84. The molecule has 84 valence electrons. The summed E-state index contributed by atoms with van der Waals surface area (Å²) in [4.78, 5) is 2.41. The normalized spacial score (nSPS) is 17.4. The summed E-state index contributed by atoms with van der Waals surface area (Å²) in [5.74, 6) is 0.624. The molecule has 0 aliphatic carbocycles. The summed E-state index contributed by atoms with van der Waals surface area (Å²) >= 11 is 5.09. The van der Waals surface area contributed by atoms with E-state index in [0.717, 1.165) is 13.1 Å². The number of aliphatic hydroxyl groups excluding tert-OH is 1. The molecule has 1 aliphatic heterocycles. The molecule has 0 saturated carbocycles. The second-order valence-corrected chi connectivity index (χ2v) is 4.19. The molecule has 0 unspecified atom stereocenters. The zero-order valence-corrected chi connectivity index (χ0v) is 9.46. The Balaban J connectivity index is 1.97. The quantitative estimate of drug-likeness (QED) is 0.738. The molecule has 1 aromatic rings. The largest absolute Gasteiger partial charge is 0.388 e. The lowest BCUT2D eigenvalue weighted by Gasteiger charge is -2.14. The van der Waals surface area contributed by atoms with Gasteiger partial charge in [-0.25, -0.2) is 0 Å². The highest BCUT2D eigenvalue weighted by Crippen LogP contribution is 2.07. The van der Waals surface area contributed by atoms with E-state index in [1.54, 1.807) is 0 Å². The van der Waals surface area contributed by atoms with Gasteiger partial charge in [-0.1, -0.05) is 0 Å². The van der Waals surface area contributed by atoms with Gasteiger partial charge in [-0.15, -0.1) is 0 Å². The highest BCUT2D eigenvalue weighted by atomic mass is 32.1. The molecule has 0 spiro atoms. The summed E-state index contributed by atoms with van der Waals surface area (Å²) in [6.07, 6.45) is 2.59. The Morgan fingerprint density at radius 1 is 1.33 bits per heavy atom. The van der Waals surface area contributed by atoms with Crippen molar-refractivity contribution in [3.8, 4) is 0 Å². The molecule has 1 fully saturated rings. The predicted molar refractivity (Wildman–Crippen MR) is 59.0 cm³/mol. The number of nitrogens with one attached hydrogen (secondary N) is 1. The van der Waals surface area contributed by atoms with Crippen LogP contribution < -0.4 is 0 Å². The lowest BCUT2D eigenvalue weighted by molar-refractivity contribution is 0.258. The first-order valence-electron chi connectivity index (χ1n) is 5.28. The van der Waals surface area contributed by atoms with E-state index in [4.69, 9.17) is 17.3 Å². The van der Waals surface area contributed by atoms with E-state index < -0.39 is 0 Å². The van der Waals surface area contributed by atoms with Crippen molar-refractivity contribution in [2.45, 2.75) is 26.0 Å². The van der Waals surface area contributed by atoms with Crippen molar-refractivity contribution in [3.63, 3.8) is 0 Å².